The van der Waals surface area contributed by atoms with Crippen molar-refractivity contribution >= 4 is 18.6 Å². The van der Waals surface area contributed by atoms with E-state index in [-0.39, 0.29) is 17.5 Å². The van der Waals surface area contributed by atoms with E-state index in [4.69, 9.17) is 55.3 Å². The van der Waals surface area contributed by atoms with Gasteiger partial charge in [-0.05, 0) is 32.1 Å². The van der Waals surface area contributed by atoms with Gasteiger partial charge in [0.05, 0.1) is 19.3 Å². The highest BCUT2D eigenvalue weighted by atomic mass is 32.1. The molecule has 0 bridgehead atoms. The fourth-order valence-electron chi connectivity index (χ4n) is 5.57. The third-order valence-corrected chi connectivity index (χ3v) is 9.02. The van der Waals surface area contributed by atoms with Crippen molar-refractivity contribution in [1.29, 1.82) is 0 Å². The lowest BCUT2D eigenvalue weighted by molar-refractivity contribution is -0.347. The summed E-state index contributed by atoms with van der Waals surface area (Å²) >= 11 is 4.77. The van der Waals surface area contributed by atoms with Crippen molar-refractivity contribution in [3.8, 4) is 0 Å². The zero-order valence-corrected chi connectivity index (χ0v) is 30.7. The summed E-state index contributed by atoms with van der Waals surface area (Å²) in [5.74, 6) is -0.530. The number of rotatable bonds is 25. The Morgan fingerprint density at radius 1 is 0.609 bits per heavy atom. The topological polar surface area (TPSA) is 100 Å². The van der Waals surface area contributed by atoms with Crippen molar-refractivity contribution in [1.82, 2.24) is 0 Å². The molecule has 0 spiro atoms. The van der Waals surface area contributed by atoms with Crippen molar-refractivity contribution in [2.24, 2.45) is 5.92 Å². The second-order valence-corrected chi connectivity index (χ2v) is 13.1. The number of unbranched alkanes of at least 4 members (excludes halogenated alkanes) is 5. The van der Waals surface area contributed by atoms with Gasteiger partial charge in [0.25, 0.3) is 0 Å². The van der Waals surface area contributed by atoms with Crippen LogP contribution in [0.3, 0.4) is 0 Å². The summed E-state index contributed by atoms with van der Waals surface area (Å²) in [4.78, 5) is 12.6. The van der Waals surface area contributed by atoms with Gasteiger partial charge in [0.2, 0.25) is 0 Å². The van der Waals surface area contributed by atoms with E-state index in [1.807, 2.05) is 0 Å². The van der Waals surface area contributed by atoms with Crippen molar-refractivity contribution in [2.45, 2.75) is 167 Å². The minimum Gasteiger partial charge on any atom is -0.454 e. The molecule has 4 unspecified atom stereocenters. The van der Waals surface area contributed by atoms with Gasteiger partial charge in [0.1, 0.15) is 36.0 Å². The van der Waals surface area contributed by atoms with Crippen molar-refractivity contribution in [2.75, 3.05) is 46.2 Å². The molecule has 0 radical (unpaired) electrons. The van der Waals surface area contributed by atoms with E-state index in [1.165, 1.54) is 6.92 Å². The fourth-order valence-corrected chi connectivity index (χ4v) is 5.89. The van der Waals surface area contributed by atoms with Crippen LogP contribution in [0.2, 0.25) is 0 Å². The van der Waals surface area contributed by atoms with Crippen molar-refractivity contribution in [3.63, 3.8) is 0 Å². The van der Waals surface area contributed by atoms with Gasteiger partial charge in [-0.25, -0.2) is 0 Å². The number of esters is 1. The summed E-state index contributed by atoms with van der Waals surface area (Å²) in [5, 5.41) is 0. The van der Waals surface area contributed by atoms with Gasteiger partial charge in [0.15, 0.2) is 12.4 Å². The molecule has 0 aromatic carbocycles. The average molecular weight is 679 g/mol. The molecule has 46 heavy (non-hydrogen) atoms. The third-order valence-electron chi connectivity index (χ3n) is 8.43. The van der Waals surface area contributed by atoms with Crippen LogP contribution in [0.25, 0.3) is 0 Å². The molecule has 2 rings (SSSR count). The maximum Gasteiger partial charge on any atom is 0.303 e. The highest BCUT2D eigenvalue weighted by Gasteiger charge is 2.53. The second kappa shape index (κ2) is 24.6. The molecule has 2 aliphatic heterocycles. The Morgan fingerprint density at radius 2 is 1.07 bits per heavy atom. The Kier molecular flexibility index (Phi) is 22.3. The normalized spacial score (nSPS) is 31.7. The minimum atomic E-state index is -0.978. The molecule has 10 atom stereocenters. The van der Waals surface area contributed by atoms with Gasteiger partial charge in [-0.2, -0.15) is 0 Å². The molecule has 2 aliphatic rings. The largest absolute Gasteiger partial charge is 0.454 e. The number of hydrogen-bond donors (Lipinski definition) is 1. The van der Waals surface area contributed by atoms with Gasteiger partial charge >= 0.3 is 5.97 Å². The maximum absolute atomic E-state index is 12.6. The Balaban J connectivity index is 2.48. The predicted molar refractivity (Wildman–Crippen MR) is 181 cm³/mol. The Labute approximate surface area is 284 Å². The van der Waals surface area contributed by atoms with Crippen molar-refractivity contribution < 1.29 is 47.4 Å². The highest BCUT2D eigenvalue weighted by molar-refractivity contribution is 7.80. The second-order valence-electron chi connectivity index (χ2n) is 12.6. The quantitative estimate of drug-likeness (QED) is 0.0654. The first-order chi connectivity index (χ1) is 22.3. The molecule has 11 heteroatoms. The molecule has 0 saturated carbocycles. The van der Waals surface area contributed by atoms with Gasteiger partial charge in [0, 0.05) is 45.9 Å². The van der Waals surface area contributed by atoms with Gasteiger partial charge in [-0.15, -0.1) is 12.6 Å². The van der Waals surface area contributed by atoms with Crippen LogP contribution < -0.4 is 0 Å². The average Bonchev–Trinajstić information content (AvgIpc) is 3.03. The lowest BCUT2D eigenvalue weighted by Gasteiger charge is -2.49. The zero-order valence-electron chi connectivity index (χ0n) is 29.8. The van der Waals surface area contributed by atoms with Crippen LogP contribution in [0.15, 0.2) is 0 Å². The van der Waals surface area contributed by atoms with Gasteiger partial charge in [-0.1, -0.05) is 73.6 Å². The van der Waals surface area contributed by atoms with Crippen LogP contribution in [0, 0.1) is 5.92 Å². The lowest BCUT2D eigenvalue weighted by Crippen LogP contribution is -2.65. The molecule has 2 saturated heterocycles. The van der Waals surface area contributed by atoms with Crippen molar-refractivity contribution in [3.05, 3.63) is 0 Å². The maximum atomic E-state index is 12.6. The molecule has 0 N–H and O–H groups in total. The summed E-state index contributed by atoms with van der Waals surface area (Å²) in [6, 6.07) is 0. The Hall–Kier alpha value is -0.500. The first-order valence-electron chi connectivity index (χ1n) is 18.1. The molecule has 272 valence electrons. The molecular weight excluding hydrogens is 612 g/mol. The van der Waals surface area contributed by atoms with Crippen LogP contribution in [-0.2, 0) is 47.4 Å². The molecule has 10 nitrogen and oxygen atoms in total. The van der Waals surface area contributed by atoms with E-state index in [0.29, 0.717) is 46.2 Å². The monoisotopic (exact) mass is 678 g/mol. The Bertz CT molecular complexity index is 776. The number of thiol groups is 1. The summed E-state index contributed by atoms with van der Waals surface area (Å²) in [5.41, 5.74) is -0.357. The molecule has 2 fully saturated rings. The van der Waals surface area contributed by atoms with Crippen LogP contribution in [-0.4, -0.2) is 107 Å². The van der Waals surface area contributed by atoms with E-state index >= 15 is 0 Å². The summed E-state index contributed by atoms with van der Waals surface area (Å²) in [6.45, 7) is 17.5. The standard InChI is InChI=1S/C35H66O10S/c1-8-13-18-37-23-27-30(40-21-16-11-4)32(41-22-17-12-5)33(42-26(7)36)34(43-27)45-31-28(24-38-19-14-9-2)44-35(46)25(6)29(31)39-20-15-10-3/h25,27-35,46H,8-24H2,1-7H3/t25-,27?,28?,29?,30-,31+,32?,33-,34-,35-/m0/s1. The SMILES string of the molecule is CCCCOCC1O[C@@H](S)[C@@H](C)C(OCCCC)[C@@H]1O[C@@H]1OC(COCCCC)[C@H](OCCCC)C(OCCCC)[C@@H]1OC(C)=O. The minimum absolute atomic E-state index is 0.0808. The van der Waals surface area contributed by atoms with Gasteiger partial charge < -0.3 is 42.6 Å². The van der Waals surface area contributed by atoms with Crippen LogP contribution in [0.5, 0.6) is 0 Å². The predicted octanol–water partition coefficient (Wildman–Crippen LogP) is 6.51. The van der Waals surface area contributed by atoms with E-state index < -0.39 is 48.9 Å². The van der Waals surface area contributed by atoms with E-state index in [2.05, 4.69) is 41.5 Å². The molecular formula is C35H66O10S. The molecule has 2 heterocycles. The number of carbonyl (C=O) groups excluding carboxylic acids is 1. The zero-order chi connectivity index (χ0) is 33.7. The first kappa shape index (κ1) is 41.7. The summed E-state index contributed by atoms with van der Waals surface area (Å²) in [6.07, 6.45) is 4.69. The van der Waals surface area contributed by atoms with Crippen LogP contribution >= 0.6 is 12.6 Å². The molecule has 0 aromatic heterocycles. The fraction of sp³-hybridized carbons (Fsp3) is 0.971. The van der Waals surface area contributed by atoms with Gasteiger partial charge in [-0.3, -0.25) is 4.79 Å². The lowest BCUT2D eigenvalue weighted by atomic mass is 9.92. The van der Waals surface area contributed by atoms with E-state index in [0.717, 1.165) is 64.2 Å². The summed E-state index contributed by atoms with van der Waals surface area (Å²) < 4.78 is 57.5. The van der Waals surface area contributed by atoms with Crippen LogP contribution in [0.4, 0.5) is 0 Å². The number of ether oxygens (including phenoxy) is 9. The first-order valence-corrected chi connectivity index (χ1v) is 18.7. The molecule has 0 aromatic rings. The third kappa shape index (κ3) is 14.2. The smallest absolute Gasteiger partial charge is 0.303 e. The number of carbonyl (C=O) groups is 1. The molecule has 0 amide bonds. The Morgan fingerprint density at radius 3 is 1.57 bits per heavy atom. The highest BCUT2D eigenvalue weighted by Crippen LogP contribution is 2.37. The number of hydrogen-bond acceptors (Lipinski definition) is 11. The van der Waals surface area contributed by atoms with E-state index in [9.17, 15) is 4.79 Å². The summed E-state index contributed by atoms with van der Waals surface area (Å²) in [7, 11) is 0. The molecule has 0 aliphatic carbocycles. The van der Waals surface area contributed by atoms with Crippen LogP contribution in [0.1, 0.15) is 113 Å². The van der Waals surface area contributed by atoms with E-state index in [1.54, 1.807) is 0 Å².